The minimum atomic E-state index is -0.476. The molecule has 0 bridgehead atoms. The third-order valence-electron chi connectivity index (χ3n) is 3.83. The maximum atomic E-state index is 10.2. The minimum Gasteiger partial charge on any atom is -0.388 e. The first-order chi connectivity index (χ1) is 7.83. The average molecular weight is 238 g/mol. The van der Waals surface area contributed by atoms with Gasteiger partial charge in [-0.1, -0.05) is 31.6 Å². The van der Waals surface area contributed by atoms with Crippen LogP contribution in [-0.2, 0) is 0 Å². The molecule has 0 unspecified atom stereocenters. The predicted octanol–water partition coefficient (Wildman–Crippen LogP) is 3.20. The molecular formula is C15H26O2. The van der Waals surface area contributed by atoms with Gasteiger partial charge in [-0.15, -0.1) is 0 Å². The molecule has 1 aliphatic rings. The molecule has 0 radical (unpaired) electrons. The lowest BCUT2D eigenvalue weighted by Gasteiger charge is -2.29. The molecule has 0 aromatic carbocycles. The summed E-state index contributed by atoms with van der Waals surface area (Å²) >= 11 is 0. The van der Waals surface area contributed by atoms with Crippen LogP contribution in [0.2, 0.25) is 0 Å². The Morgan fingerprint density at radius 3 is 2.53 bits per heavy atom. The lowest BCUT2D eigenvalue weighted by Crippen LogP contribution is -2.28. The Bertz CT molecular complexity index is 313. The Morgan fingerprint density at radius 1 is 1.24 bits per heavy atom. The first-order valence-electron chi connectivity index (χ1n) is 6.53. The summed E-state index contributed by atoms with van der Waals surface area (Å²) < 4.78 is 0. The van der Waals surface area contributed by atoms with Gasteiger partial charge in [0.1, 0.15) is 0 Å². The van der Waals surface area contributed by atoms with Crippen molar-refractivity contribution in [1.29, 1.82) is 0 Å². The van der Waals surface area contributed by atoms with Crippen molar-refractivity contribution in [3.8, 4) is 0 Å². The molecule has 0 saturated heterocycles. The molecule has 0 aromatic rings. The zero-order valence-corrected chi connectivity index (χ0v) is 11.5. The van der Waals surface area contributed by atoms with Crippen LogP contribution < -0.4 is 0 Å². The van der Waals surface area contributed by atoms with Crippen molar-refractivity contribution in [3.05, 3.63) is 23.3 Å². The zero-order valence-electron chi connectivity index (χ0n) is 11.5. The van der Waals surface area contributed by atoms with E-state index in [1.807, 2.05) is 13.0 Å². The molecule has 2 atom stereocenters. The van der Waals surface area contributed by atoms with Crippen molar-refractivity contribution in [3.63, 3.8) is 0 Å². The summed E-state index contributed by atoms with van der Waals surface area (Å²) in [5.74, 6) is 0. The lowest BCUT2D eigenvalue weighted by molar-refractivity contribution is 0.0797. The van der Waals surface area contributed by atoms with E-state index in [9.17, 15) is 10.2 Å². The Labute approximate surface area is 105 Å². The van der Waals surface area contributed by atoms with E-state index >= 15 is 0 Å². The summed E-state index contributed by atoms with van der Waals surface area (Å²) in [6.07, 6.45) is 6.80. The van der Waals surface area contributed by atoms with Gasteiger partial charge in [0, 0.05) is 0 Å². The van der Waals surface area contributed by atoms with Gasteiger partial charge in [-0.25, -0.2) is 0 Å². The highest BCUT2D eigenvalue weighted by molar-refractivity contribution is 5.13. The monoisotopic (exact) mass is 238 g/mol. The summed E-state index contributed by atoms with van der Waals surface area (Å²) in [7, 11) is 0. The highest BCUT2D eigenvalue weighted by atomic mass is 16.3. The second-order valence-corrected chi connectivity index (χ2v) is 6.00. The van der Waals surface area contributed by atoms with Crippen LogP contribution >= 0.6 is 0 Å². The molecule has 2 nitrogen and oxygen atoms in total. The second kappa shape index (κ2) is 5.83. The lowest BCUT2D eigenvalue weighted by atomic mass is 9.80. The fourth-order valence-corrected chi connectivity index (χ4v) is 2.16. The van der Waals surface area contributed by atoms with Crippen LogP contribution in [0.25, 0.3) is 0 Å². The maximum absolute atomic E-state index is 10.2. The third-order valence-corrected chi connectivity index (χ3v) is 3.83. The smallest absolute Gasteiger partial charge is 0.0782 e. The maximum Gasteiger partial charge on any atom is 0.0782 e. The van der Waals surface area contributed by atoms with Crippen molar-refractivity contribution < 1.29 is 10.2 Å². The van der Waals surface area contributed by atoms with Crippen molar-refractivity contribution >= 4 is 0 Å². The fourth-order valence-electron chi connectivity index (χ4n) is 2.16. The van der Waals surface area contributed by atoms with E-state index < -0.39 is 12.2 Å². The van der Waals surface area contributed by atoms with Crippen LogP contribution in [0.1, 0.15) is 53.4 Å². The van der Waals surface area contributed by atoms with Gasteiger partial charge in [0.25, 0.3) is 0 Å². The number of hydrogen-bond donors (Lipinski definition) is 2. The van der Waals surface area contributed by atoms with Crippen molar-refractivity contribution in [1.82, 2.24) is 0 Å². The molecule has 2 N–H and O–H groups in total. The van der Waals surface area contributed by atoms with Gasteiger partial charge >= 0.3 is 0 Å². The minimum absolute atomic E-state index is 0.119. The number of allylic oxidation sites excluding steroid dienone is 1. The van der Waals surface area contributed by atoms with E-state index in [1.54, 1.807) is 0 Å². The normalized spacial score (nSPS) is 37.3. The average Bonchev–Trinajstić information content (AvgIpc) is 2.25. The molecule has 0 heterocycles. The molecule has 1 aliphatic carbocycles. The Hall–Kier alpha value is -0.600. The molecule has 0 aliphatic heterocycles. The van der Waals surface area contributed by atoms with E-state index in [2.05, 4.69) is 26.8 Å². The Kier molecular flexibility index (Phi) is 4.96. The van der Waals surface area contributed by atoms with Crippen LogP contribution in [0.5, 0.6) is 0 Å². The van der Waals surface area contributed by atoms with Crippen LogP contribution in [-0.4, -0.2) is 22.4 Å². The highest BCUT2D eigenvalue weighted by Crippen LogP contribution is 2.31. The number of aliphatic hydroxyl groups is 2. The number of hydrogen-bond acceptors (Lipinski definition) is 2. The van der Waals surface area contributed by atoms with Crippen LogP contribution in [0, 0.1) is 5.41 Å². The predicted molar refractivity (Wildman–Crippen MR) is 71.8 cm³/mol. The van der Waals surface area contributed by atoms with Crippen LogP contribution in [0.4, 0.5) is 0 Å². The molecule has 0 amide bonds. The third kappa shape index (κ3) is 4.29. The molecule has 0 saturated carbocycles. The fraction of sp³-hybridized carbons (Fsp3) is 0.733. The summed E-state index contributed by atoms with van der Waals surface area (Å²) in [4.78, 5) is 0. The van der Waals surface area contributed by atoms with Gasteiger partial charge in [-0.3, -0.25) is 0 Å². The molecule has 0 spiro atoms. The molecule has 0 aromatic heterocycles. The SMILES string of the molecule is C/C1=C\C[C@H](O)/C(C)=C/[C@H](O)C(C)(C)CCC1. The van der Waals surface area contributed by atoms with E-state index in [4.69, 9.17) is 0 Å². The standard InChI is InChI=1S/C15H26O2/c1-11-6-5-9-15(3,4)14(17)10-12(2)13(16)8-7-11/h7,10,13-14,16-17H,5-6,8-9H2,1-4H3/b11-7+,12-10+/t13-,14-/m0/s1. The first-order valence-corrected chi connectivity index (χ1v) is 6.53. The number of aliphatic hydroxyl groups excluding tert-OH is 2. The quantitative estimate of drug-likeness (QED) is 0.636. The second-order valence-electron chi connectivity index (χ2n) is 6.00. The van der Waals surface area contributed by atoms with Crippen molar-refractivity contribution in [2.75, 3.05) is 0 Å². The van der Waals surface area contributed by atoms with Gasteiger partial charge in [-0.2, -0.15) is 0 Å². The highest BCUT2D eigenvalue weighted by Gasteiger charge is 2.26. The summed E-state index contributed by atoms with van der Waals surface area (Å²) in [5.41, 5.74) is 2.09. The van der Waals surface area contributed by atoms with Gasteiger partial charge in [-0.05, 0) is 50.5 Å². The van der Waals surface area contributed by atoms with E-state index in [0.29, 0.717) is 6.42 Å². The molecule has 0 fully saturated rings. The van der Waals surface area contributed by atoms with Crippen LogP contribution in [0.3, 0.4) is 0 Å². The van der Waals surface area contributed by atoms with Crippen molar-refractivity contribution in [2.45, 2.75) is 65.6 Å². The molecule has 2 heteroatoms. The summed E-state index contributed by atoms with van der Waals surface area (Å²) in [6.45, 7) is 8.19. The van der Waals surface area contributed by atoms with Gasteiger partial charge < -0.3 is 10.2 Å². The van der Waals surface area contributed by atoms with Crippen molar-refractivity contribution in [2.24, 2.45) is 5.41 Å². The molecule has 17 heavy (non-hydrogen) atoms. The molecular weight excluding hydrogens is 212 g/mol. The van der Waals surface area contributed by atoms with Gasteiger partial charge in [0.15, 0.2) is 0 Å². The van der Waals surface area contributed by atoms with Gasteiger partial charge in [0.05, 0.1) is 12.2 Å². The van der Waals surface area contributed by atoms with Gasteiger partial charge in [0.2, 0.25) is 0 Å². The van der Waals surface area contributed by atoms with E-state index in [1.165, 1.54) is 5.57 Å². The Balaban J connectivity index is 2.92. The molecule has 98 valence electrons. The largest absolute Gasteiger partial charge is 0.388 e. The Morgan fingerprint density at radius 2 is 1.88 bits per heavy atom. The topological polar surface area (TPSA) is 40.5 Å². The summed E-state index contributed by atoms with van der Waals surface area (Å²) in [6, 6.07) is 0. The number of rotatable bonds is 0. The summed E-state index contributed by atoms with van der Waals surface area (Å²) in [5, 5.41) is 20.2. The zero-order chi connectivity index (χ0) is 13.1. The first kappa shape index (κ1) is 14.5. The molecule has 1 rings (SSSR count). The van der Waals surface area contributed by atoms with Crippen LogP contribution in [0.15, 0.2) is 23.3 Å². The van der Waals surface area contributed by atoms with E-state index in [-0.39, 0.29) is 5.41 Å². The van der Waals surface area contributed by atoms with E-state index in [0.717, 1.165) is 24.8 Å².